The standard InChI is InChI=1S/C15H19NO5/c1-3-21-15(19)13-8-11(17)9-16(13)14(18)10-4-6-12(20-2)7-5-10/h4-7,11,13,17H,3,8-9H2,1-2H3. The van der Waals surface area contributed by atoms with Gasteiger partial charge >= 0.3 is 5.97 Å². The van der Waals surface area contributed by atoms with Crippen LogP contribution in [0.4, 0.5) is 0 Å². The first-order chi connectivity index (χ1) is 10.1. The molecule has 1 fully saturated rings. The number of hydrogen-bond donors (Lipinski definition) is 1. The molecule has 0 aliphatic carbocycles. The quantitative estimate of drug-likeness (QED) is 0.832. The van der Waals surface area contributed by atoms with Crippen LogP contribution in [0.3, 0.4) is 0 Å². The second kappa shape index (κ2) is 6.58. The van der Waals surface area contributed by atoms with Gasteiger partial charge < -0.3 is 19.5 Å². The van der Waals surface area contributed by atoms with Gasteiger partial charge in [0.05, 0.1) is 19.8 Å². The van der Waals surface area contributed by atoms with Crippen LogP contribution in [0.1, 0.15) is 23.7 Å². The predicted molar refractivity (Wildman–Crippen MR) is 75.1 cm³/mol. The number of aliphatic hydroxyl groups is 1. The van der Waals surface area contributed by atoms with Gasteiger partial charge in [0.25, 0.3) is 5.91 Å². The molecule has 1 heterocycles. The van der Waals surface area contributed by atoms with E-state index < -0.39 is 18.1 Å². The first-order valence-electron chi connectivity index (χ1n) is 6.86. The van der Waals surface area contributed by atoms with Crippen molar-refractivity contribution in [3.05, 3.63) is 29.8 Å². The van der Waals surface area contributed by atoms with Crippen molar-refractivity contribution in [2.45, 2.75) is 25.5 Å². The molecular weight excluding hydrogens is 274 g/mol. The topological polar surface area (TPSA) is 76.1 Å². The maximum Gasteiger partial charge on any atom is 0.328 e. The summed E-state index contributed by atoms with van der Waals surface area (Å²) >= 11 is 0. The Morgan fingerprint density at radius 3 is 2.57 bits per heavy atom. The third-order valence-corrected chi connectivity index (χ3v) is 3.44. The Morgan fingerprint density at radius 2 is 2.00 bits per heavy atom. The molecule has 0 saturated carbocycles. The molecule has 0 bridgehead atoms. The number of esters is 1. The molecule has 2 rings (SSSR count). The Labute approximate surface area is 123 Å². The molecule has 1 aromatic carbocycles. The van der Waals surface area contributed by atoms with Gasteiger partial charge in [-0.1, -0.05) is 0 Å². The summed E-state index contributed by atoms with van der Waals surface area (Å²) in [5.74, 6) is -0.127. The van der Waals surface area contributed by atoms with Gasteiger partial charge in [-0.25, -0.2) is 4.79 Å². The number of benzene rings is 1. The number of likely N-dealkylation sites (tertiary alicyclic amines) is 1. The van der Waals surface area contributed by atoms with E-state index >= 15 is 0 Å². The van der Waals surface area contributed by atoms with Gasteiger partial charge in [-0.3, -0.25) is 4.79 Å². The summed E-state index contributed by atoms with van der Waals surface area (Å²) in [4.78, 5) is 25.7. The minimum atomic E-state index is -0.727. The molecule has 2 atom stereocenters. The Kier molecular flexibility index (Phi) is 4.80. The number of rotatable bonds is 4. The second-order valence-electron chi connectivity index (χ2n) is 4.84. The number of amides is 1. The number of carbonyl (C=O) groups is 2. The van der Waals surface area contributed by atoms with Crippen molar-refractivity contribution < 1.29 is 24.2 Å². The summed E-state index contributed by atoms with van der Waals surface area (Å²) in [6.07, 6.45) is -0.498. The minimum absolute atomic E-state index is 0.133. The summed E-state index contributed by atoms with van der Waals surface area (Å²) < 4.78 is 10.0. The Bertz CT molecular complexity index is 513. The Hall–Kier alpha value is -2.08. The van der Waals surface area contributed by atoms with E-state index in [1.807, 2.05) is 0 Å². The summed E-state index contributed by atoms with van der Waals surface area (Å²) in [7, 11) is 1.55. The van der Waals surface area contributed by atoms with E-state index in [1.165, 1.54) is 4.90 Å². The molecule has 1 aromatic rings. The lowest BCUT2D eigenvalue weighted by Crippen LogP contribution is -2.41. The van der Waals surface area contributed by atoms with Crippen molar-refractivity contribution in [3.63, 3.8) is 0 Å². The van der Waals surface area contributed by atoms with E-state index in [0.29, 0.717) is 11.3 Å². The van der Waals surface area contributed by atoms with Gasteiger partial charge in [-0.2, -0.15) is 0 Å². The average molecular weight is 293 g/mol. The molecule has 1 saturated heterocycles. The van der Waals surface area contributed by atoms with Crippen LogP contribution >= 0.6 is 0 Å². The minimum Gasteiger partial charge on any atom is -0.497 e. The number of methoxy groups -OCH3 is 1. The predicted octanol–water partition coefficient (Wildman–Crippen LogP) is 0.834. The van der Waals surface area contributed by atoms with Crippen molar-refractivity contribution in [1.29, 1.82) is 0 Å². The third kappa shape index (κ3) is 3.33. The lowest BCUT2D eigenvalue weighted by atomic mass is 10.1. The second-order valence-corrected chi connectivity index (χ2v) is 4.84. The fourth-order valence-corrected chi connectivity index (χ4v) is 2.40. The molecule has 6 nitrogen and oxygen atoms in total. The number of aliphatic hydroxyl groups excluding tert-OH is 1. The van der Waals surface area contributed by atoms with Crippen LogP contribution in [0.15, 0.2) is 24.3 Å². The molecule has 21 heavy (non-hydrogen) atoms. The average Bonchev–Trinajstić information content (AvgIpc) is 2.89. The summed E-state index contributed by atoms with van der Waals surface area (Å²) in [6.45, 7) is 2.09. The van der Waals surface area contributed by atoms with Crippen molar-refractivity contribution in [2.75, 3.05) is 20.3 Å². The SMILES string of the molecule is CCOC(=O)C1CC(O)CN1C(=O)c1ccc(OC)cc1. The zero-order chi connectivity index (χ0) is 15.4. The van der Waals surface area contributed by atoms with Crippen LogP contribution in [0.25, 0.3) is 0 Å². The summed E-state index contributed by atoms with van der Waals surface area (Å²) in [5, 5.41) is 9.74. The molecule has 114 valence electrons. The lowest BCUT2D eigenvalue weighted by molar-refractivity contribution is -0.147. The zero-order valence-electron chi connectivity index (χ0n) is 12.1. The third-order valence-electron chi connectivity index (χ3n) is 3.44. The molecule has 1 aliphatic rings. The maximum absolute atomic E-state index is 12.5. The van der Waals surface area contributed by atoms with Crippen LogP contribution in [0, 0.1) is 0 Å². The van der Waals surface area contributed by atoms with Gasteiger partial charge in [0.2, 0.25) is 0 Å². The van der Waals surface area contributed by atoms with Crippen LogP contribution in [-0.2, 0) is 9.53 Å². The first kappa shape index (κ1) is 15.3. The van der Waals surface area contributed by atoms with Crippen molar-refractivity contribution in [2.24, 2.45) is 0 Å². The van der Waals surface area contributed by atoms with Crippen LogP contribution < -0.4 is 4.74 Å². The number of nitrogens with zero attached hydrogens (tertiary/aromatic N) is 1. The number of β-amino-alcohol motifs (C(OH)–C–C–N with tert-alkyl or cyclic N) is 1. The van der Waals surface area contributed by atoms with Crippen molar-refractivity contribution in [1.82, 2.24) is 4.90 Å². The van der Waals surface area contributed by atoms with Gasteiger partial charge in [0.15, 0.2) is 0 Å². The molecule has 2 unspecified atom stereocenters. The van der Waals surface area contributed by atoms with Crippen LogP contribution in [-0.4, -0.2) is 54.3 Å². The van der Waals surface area contributed by atoms with Crippen molar-refractivity contribution >= 4 is 11.9 Å². The van der Waals surface area contributed by atoms with Crippen molar-refractivity contribution in [3.8, 4) is 5.75 Å². The van der Waals surface area contributed by atoms with Gasteiger partial charge in [-0.15, -0.1) is 0 Å². The highest BCUT2D eigenvalue weighted by Crippen LogP contribution is 2.22. The fourth-order valence-electron chi connectivity index (χ4n) is 2.40. The van der Waals surface area contributed by atoms with E-state index in [-0.39, 0.29) is 25.5 Å². The van der Waals surface area contributed by atoms with Gasteiger partial charge in [0.1, 0.15) is 11.8 Å². The van der Waals surface area contributed by atoms with E-state index in [9.17, 15) is 14.7 Å². The lowest BCUT2D eigenvalue weighted by Gasteiger charge is -2.22. The molecular formula is C15H19NO5. The molecule has 1 aliphatic heterocycles. The molecule has 0 aromatic heterocycles. The van der Waals surface area contributed by atoms with Gasteiger partial charge in [0, 0.05) is 18.5 Å². The summed E-state index contributed by atoms with van der Waals surface area (Å²) in [5.41, 5.74) is 0.444. The number of carbonyl (C=O) groups excluding carboxylic acids is 2. The van der Waals surface area contributed by atoms with Gasteiger partial charge in [-0.05, 0) is 31.2 Å². The van der Waals surface area contributed by atoms with Crippen LogP contribution in [0.2, 0.25) is 0 Å². The molecule has 0 radical (unpaired) electrons. The highest BCUT2D eigenvalue weighted by atomic mass is 16.5. The van der Waals surface area contributed by atoms with E-state index in [0.717, 1.165) is 0 Å². The zero-order valence-corrected chi connectivity index (χ0v) is 12.1. The smallest absolute Gasteiger partial charge is 0.328 e. The largest absolute Gasteiger partial charge is 0.497 e. The number of ether oxygens (including phenoxy) is 2. The van der Waals surface area contributed by atoms with E-state index in [4.69, 9.17) is 9.47 Å². The highest BCUT2D eigenvalue weighted by molar-refractivity contribution is 5.97. The van der Waals surface area contributed by atoms with Crippen LogP contribution in [0.5, 0.6) is 5.75 Å². The maximum atomic E-state index is 12.5. The molecule has 6 heteroatoms. The molecule has 1 N–H and O–H groups in total. The molecule has 1 amide bonds. The fraction of sp³-hybridized carbons (Fsp3) is 0.467. The normalized spacial score (nSPS) is 21.2. The Morgan fingerprint density at radius 1 is 1.33 bits per heavy atom. The summed E-state index contributed by atoms with van der Waals surface area (Å²) in [6, 6.07) is 5.90. The highest BCUT2D eigenvalue weighted by Gasteiger charge is 2.40. The number of hydrogen-bond acceptors (Lipinski definition) is 5. The van der Waals surface area contributed by atoms with E-state index in [2.05, 4.69) is 0 Å². The van der Waals surface area contributed by atoms with E-state index in [1.54, 1.807) is 38.3 Å². The first-order valence-corrected chi connectivity index (χ1v) is 6.86. The Balaban J connectivity index is 2.16. The monoisotopic (exact) mass is 293 g/mol. The molecule has 0 spiro atoms.